The monoisotopic (exact) mass is 375 g/mol. The van der Waals surface area contributed by atoms with Crippen LogP contribution in [0.4, 0.5) is 10.7 Å². The van der Waals surface area contributed by atoms with E-state index in [0.717, 1.165) is 28.7 Å². The molecule has 1 aliphatic rings. The molecule has 0 N–H and O–H groups in total. The topological polar surface area (TPSA) is 103 Å². The lowest BCUT2D eigenvalue weighted by atomic mass is 10.3. The minimum absolute atomic E-state index is 0.00325. The van der Waals surface area contributed by atoms with Crippen LogP contribution in [0.3, 0.4) is 0 Å². The Hall–Kier alpha value is -1.56. The Labute approximate surface area is 140 Å². The van der Waals surface area contributed by atoms with Crippen LogP contribution in [0, 0.1) is 10.1 Å². The maximum absolute atomic E-state index is 11.7. The normalized spacial score (nSPS) is 19.0. The number of ether oxygens (including phenoxy) is 1. The Morgan fingerprint density at radius 3 is 2.91 bits per heavy atom. The summed E-state index contributed by atoms with van der Waals surface area (Å²) in [6.45, 7) is 1.26. The molecule has 3 rings (SSSR count). The highest BCUT2D eigenvalue weighted by Gasteiger charge is 2.32. The largest absolute Gasteiger partial charge is 0.367 e. The third-order valence-electron chi connectivity index (χ3n) is 3.31. The number of thiazole rings is 1. The number of anilines is 1. The molecule has 0 radical (unpaired) electrons. The molecule has 0 amide bonds. The van der Waals surface area contributed by atoms with Gasteiger partial charge < -0.3 is 9.64 Å². The van der Waals surface area contributed by atoms with E-state index in [1.807, 2.05) is 5.38 Å². The summed E-state index contributed by atoms with van der Waals surface area (Å²) < 4.78 is 29.1. The van der Waals surface area contributed by atoms with Gasteiger partial charge in [-0.3, -0.25) is 10.1 Å². The highest BCUT2D eigenvalue weighted by molar-refractivity contribution is 7.92. The zero-order chi connectivity index (χ0) is 16.6. The van der Waals surface area contributed by atoms with E-state index in [9.17, 15) is 18.5 Å². The van der Waals surface area contributed by atoms with Crippen LogP contribution in [0.1, 0.15) is 11.1 Å². The fourth-order valence-corrected chi connectivity index (χ4v) is 5.01. The first-order chi connectivity index (χ1) is 10.9. The number of thiophene rings is 1. The van der Waals surface area contributed by atoms with Crippen molar-refractivity contribution in [2.75, 3.05) is 30.9 Å². The summed E-state index contributed by atoms with van der Waals surface area (Å²) in [5.41, 5.74) is -0.185. The van der Waals surface area contributed by atoms with Crippen molar-refractivity contribution in [2.45, 2.75) is 10.3 Å². The molecule has 0 spiro atoms. The van der Waals surface area contributed by atoms with E-state index in [4.69, 9.17) is 4.74 Å². The molecule has 2 aromatic heterocycles. The van der Waals surface area contributed by atoms with Gasteiger partial charge in [0.2, 0.25) is 0 Å². The molecule has 3 heterocycles. The van der Waals surface area contributed by atoms with Gasteiger partial charge in [-0.2, -0.15) is 0 Å². The molecule has 11 heteroatoms. The summed E-state index contributed by atoms with van der Waals surface area (Å²) in [7, 11) is -3.49. The number of hydrogen-bond acceptors (Lipinski definition) is 9. The fourth-order valence-electron chi connectivity index (χ4n) is 2.27. The van der Waals surface area contributed by atoms with E-state index in [-0.39, 0.29) is 16.0 Å². The number of morpholine rings is 1. The van der Waals surface area contributed by atoms with Gasteiger partial charge in [0.25, 0.3) is 0 Å². The Balaban J connectivity index is 1.94. The van der Waals surface area contributed by atoms with Crippen molar-refractivity contribution in [3.63, 3.8) is 0 Å². The highest BCUT2D eigenvalue weighted by atomic mass is 32.2. The minimum atomic E-state index is -3.49. The summed E-state index contributed by atoms with van der Waals surface area (Å²) in [5, 5.41) is 14.3. The van der Waals surface area contributed by atoms with E-state index < -0.39 is 14.8 Å². The van der Waals surface area contributed by atoms with Crippen molar-refractivity contribution in [3.8, 4) is 0 Å². The summed E-state index contributed by atoms with van der Waals surface area (Å²) in [4.78, 5) is 16.7. The number of rotatable bonds is 4. The Morgan fingerprint density at radius 1 is 1.52 bits per heavy atom. The standard InChI is InChI=1S/C12H13N3O5S3/c1-23(18,19)10-6-8(15(16)17)12(22-10)14-3-4-20-9(7-14)11-13-2-5-21-11/h2,5-6,9H,3-4,7H2,1H3. The third-order valence-corrected chi connectivity index (χ3v) is 7.17. The van der Waals surface area contributed by atoms with Gasteiger partial charge in [-0.25, -0.2) is 13.4 Å². The van der Waals surface area contributed by atoms with Crippen LogP contribution >= 0.6 is 22.7 Å². The van der Waals surface area contributed by atoms with Crippen LogP contribution in [0.5, 0.6) is 0 Å². The second-order valence-electron chi connectivity index (χ2n) is 4.96. The van der Waals surface area contributed by atoms with Gasteiger partial charge in [0.1, 0.15) is 15.3 Å². The molecular weight excluding hydrogens is 362 g/mol. The van der Waals surface area contributed by atoms with E-state index in [1.165, 1.54) is 11.3 Å². The molecule has 0 aliphatic carbocycles. The lowest BCUT2D eigenvalue weighted by Gasteiger charge is -2.32. The molecule has 1 fully saturated rings. The molecule has 0 aromatic carbocycles. The van der Waals surface area contributed by atoms with Crippen LogP contribution in [-0.4, -0.2) is 44.3 Å². The van der Waals surface area contributed by atoms with Crippen LogP contribution < -0.4 is 4.90 Å². The summed E-state index contributed by atoms with van der Waals surface area (Å²) >= 11 is 2.38. The highest BCUT2D eigenvalue weighted by Crippen LogP contribution is 2.41. The van der Waals surface area contributed by atoms with Gasteiger partial charge in [0, 0.05) is 30.4 Å². The molecule has 1 atom stereocenters. The van der Waals surface area contributed by atoms with Crippen molar-refractivity contribution >= 4 is 43.2 Å². The molecule has 0 bridgehead atoms. The summed E-state index contributed by atoms with van der Waals surface area (Å²) in [5.74, 6) is 0. The minimum Gasteiger partial charge on any atom is -0.367 e. The summed E-state index contributed by atoms with van der Waals surface area (Å²) in [6, 6.07) is 1.13. The molecule has 1 unspecified atom stereocenters. The number of aromatic nitrogens is 1. The van der Waals surface area contributed by atoms with Crippen molar-refractivity contribution in [1.82, 2.24) is 4.98 Å². The molecule has 0 saturated carbocycles. The van der Waals surface area contributed by atoms with Crippen LogP contribution in [0.15, 0.2) is 21.9 Å². The van der Waals surface area contributed by atoms with Crippen molar-refractivity contribution in [1.29, 1.82) is 0 Å². The van der Waals surface area contributed by atoms with Crippen molar-refractivity contribution < 1.29 is 18.1 Å². The zero-order valence-electron chi connectivity index (χ0n) is 12.0. The molecule has 2 aromatic rings. The summed E-state index contributed by atoms with van der Waals surface area (Å²) in [6.07, 6.45) is 2.45. The lowest BCUT2D eigenvalue weighted by molar-refractivity contribution is -0.383. The van der Waals surface area contributed by atoms with Gasteiger partial charge in [0.15, 0.2) is 14.8 Å². The Morgan fingerprint density at radius 2 is 2.30 bits per heavy atom. The molecule has 1 saturated heterocycles. The number of sulfone groups is 1. The van der Waals surface area contributed by atoms with Gasteiger partial charge >= 0.3 is 5.69 Å². The van der Waals surface area contributed by atoms with Gasteiger partial charge in [-0.05, 0) is 0 Å². The van der Waals surface area contributed by atoms with Gasteiger partial charge in [0.05, 0.1) is 18.1 Å². The first kappa shape index (κ1) is 16.3. The zero-order valence-corrected chi connectivity index (χ0v) is 14.5. The predicted molar refractivity (Wildman–Crippen MR) is 87.1 cm³/mol. The number of hydrogen-bond donors (Lipinski definition) is 0. The second kappa shape index (κ2) is 6.15. The number of nitro groups is 1. The lowest BCUT2D eigenvalue weighted by Crippen LogP contribution is -2.38. The van der Waals surface area contributed by atoms with Crippen LogP contribution in [0.2, 0.25) is 0 Å². The first-order valence-corrected chi connectivity index (χ1v) is 10.2. The second-order valence-corrected chi connectivity index (χ2v) is 9.16. The fraction of sp³-hybridized carbons (Fsp3) is 0.417. The van der Waals surface area contributed by atoms with Crippen LogP contribution in [-0.2, 0) is 14.6 Å². The molecular formula is C12H13N3O5S3. The molecule has 23 heavy (non-hydrogen) atoms. The maximum atomic E-state index is 11.7. The SMILES string of the molecule is CS(=O)(=O)c1cc([N+](=O)[O-])c(N2CCOC(c3nccs3)C2)s1. The predicted octanol–water partition coefficient (Wildman–Crippen LogP) is 2.09. The smallest absolute Gasteiger partial charge is 0.305 e. The third kappa shape index (κ3) is 3.37. The average molecular weight is 375 g/mol. The first-order valence-electron chi connectivity index (χ1n) is 6.60. The molecule has 124 valence electrons. The van der Waals surface area contributed by atoms with E-state index >= 15 is 0 Å². The molecule has 1 aliphatic heterocycles. The average Bonchev–Trinajstić information content (AvgIpc) is 3.16. The quantitative estimate of drug-likeness (QED) is 0.595. The van der Waals surface area contributed by atoms with E-state index in [1.54, 1.807) is 11.1 Å². The number of nitrogens with zero attached hydrogens (tertiary/aromatic N) is 3. The van der Waals surface area contributed by atoms with E-state index in [0.29, 0.717) is 24.7 Å². The molecule has 8 nitrogen and oxygen atoms in total. The van der Waals surface area contributed by atoms with Crippen molar-refractivity contribution in [2.24, 2.45) is 0 Å². The van der Waals surface area contributed by atoms with Crippen molar-refractivity contribution in [3.05, 3.63) is 32.8 Å². The van der Waals surface area contributed by atoms with Gasteiger partial charge in [-0.1, -0.05) is 11.3 Å². The maximum Gasteiger partial charge on any atom is 0.305 e. The Bertz CT molecular complexity index is 815. The van der Waals surface area contributed by atoms with Crippen LogP contribution in [0.25, 0.3) is 0 Å². The Kier molecular flexibility index (Phi) is 4.36. The van der Waals surface area contributed by atoms with E-state index in [2.05, 4.69) is 4.98 Å². The van der Waals surface area contributed by atoms with Gasteiger partial charge in [-0.15, -0.1) is 11.3 Å².